The van der Waals surface area contributed by atoms with Gasteiger partial charge >= 0.3 is 6.68 Å². The molecule has 0 aliphatic heterocycles. The predicted molar refractivity (Wildman–Crippen MR) is 11.5 cm³/mol. The van der Waals surface area contributed by atoms with Crippen molar-refractivity contribution in [1.82, 2.24) is 0 Å². The van der Waals surface area contributed by atoms with Crippen molar-refractivity contribution in [2.45, 2.75) is 6.68 Å². The van der Waals surface area contributed by atoms with Crippen LogP contribution in [-0.2, 0) is 0 Å². The van der Waals surface area contributed by atoms with E-state index in [1.165, 1.54) is 0 Å². The van der Waals surface area contributed by atoms with Gasteiger partial charge in [-0.05, 0) is 0 Å². The Balaban J connectivity index is 0. The van der Waals surface area contributed by atoms with E-state index in [4.69, 9.17) is 4.39 Å². The number of hydrogen-bond donors (Lipinski definition) is 0. The van der Waals surface area contributed by atoms with Crippen molar-refractivity contribution >= 4 is 0 Å². The number of halogens is 4. The summed E-state index contributed by atoms with van der Waals surface area (Å²) in [4.78, 5) is 0. The highest BCUT2D eigenvalue weighted by atomic mass is 19.4. The summed E-state index contributed by atoms with van der Waals surface area (Å²) in [6, 6.07) is 0. The maximum absolute atomic E-state index is 9.67. The zero-order valence-electron chi connectivity index (χ0n) is 2.59. The molecule has 0 aliphatic rings. The van der Waals surface area contributed by atoms with Gasteiger partial charge in [-0.1, -0.05) is 0 Å². The Morgan fingerprint density at radius 2 is 1.00 bits per heavy atom. The summed E-state index contributed by atoms with van der Waals surface area (Å²) in [5.74, 6) is 0. The normalized spacial score (nSPS) is 7.00. The lowest BCUT2D eigenvalue weighted by molar-refractivity contribution is 0.00819. The van der Waals surface area contributed by atoms with Crippen LogP contribution >= 0.6 is 0 Å². The first-order chi connectivity index (χ1) is 2.73. The summed E-state index contributed by atoms with van der Waals surface area (Å²) in [6.45, 7) is -3.67. The van der Waals surface area contributed by atoms with Gasteiger partial charge in [0.15, 0.2) is 0 Å². The van der Waals surface area contributed by atoms with Crippen LogP contribution in [0, 0.1) is 7.18 Å². The van der Waals surface area contributed by atoms with Crippen LogP contribution in [0.5, 0.6) is 0 Å². The number of hydrogen-bond acceptors (Lipinski definition) is 0. The summed E-state index contributed by atoms with van der Waals surface area (Å²) in [6.07, 6.45) is 0. The van der Waals surface area contributed by atoms with Gasteiger partial charge in [-0.25, -0.2) is 4.39 Å². The monoisotopic (exact) mass is 101 g/mol. The molecule has 0 bridgehead atoms. The second-order valence-electron chi connectivity index (χ2n) is 0.247. The first kappa shape index (κ1) is 9.21. The maximum Gasteiger partial charge on any atom is 0.379 e. The second-order valence-corrected chi connectivity index (χ2v) is 0.247. The van der Waals surface area contributed by atoms with Gasteiger partial charge in [-0.2, -0.15) is 13.2 Å². The summed E-state index contributed by atoms with van der Waals surface area (Å²) >= 11 is 0. The van der Waals surface area contributed by atoms with E-state index in [1.54, 1.807) is 0 Å². The van der Waals surface area contributed by atoms with Crippen molar-refractivity contribution in [3.63, 3.8) is 0 Å². The van der Waals surface area contributed by atoms with E-state index in [1.807, 2.05) is 0 Å². The fourth-order valence-corrected chi connectivity index (χ4v) is 0. The molecule has 0 saturated carbocycles. The molecule has 0 unspecified atom stereocenters. The molecule has 0 aromatic rings. The van der Waals surface area contributed by atoms with Crippen molar-refractivity contribution in [2.75, 3.05) is 0 Å². The van der Waals surface area contributed by atoms with E-state index < -0.39 is 6.68 Å². The molecule has 0 aromatic carbocycles. The third-order valence-corrected chi connectivity index (χ3v) is 0. The topological polar surface area (TPSA) is 0 Å². The highest BCUT2D eigenvalue weighted by Crippen LogP contribution is 1.87. The Morgan fingerprint density at radius 1 is 1.00 bits per heavy atom. The van der Waals surface area contributed by atoms with Crippen molar-refractivity contribution < 1.29 is 17.6 Å². The van der Waals surface area contributed by atoms with Crippen LogP contribution in [0.25, 0.3) is 0 Å². The Hall–Kier alpha value is -0.280. The molecule has 3 radical (unpaired) electrons. The van der Waals surface area contributed by atoms with Crippen molar-refractivity contribution in [3.8, 4) is 0 Å². The highest BCUT2D eigenvalue weighted by molar-refractivity contribution is 3.83. The van der Waals surface area contributed by atoms with E-state index in [0.717, 1.165) is 0 Å². The molecule has 0 spiro atoms. The van der Waals surface area contributed by atoms with E-state index in [9.17, 15) is 13.2 Å². The van der Waals surface area contributed by atoms with Crippen LogP contribution in [0.4, 0.5) is 17.6 Å². The molecule has 4 heteroatoms. The third kappa shape index (κ3) is 351. The third-order valence-electron chi connectivity index (χ3n) is 0. The summed E-state index contributed by atoms with van der Waals surface area (Å²) in [5.41, 5.74) is 0. The van der Waals surface area contributed by atoms with Gasteiger partial charge in [-0.15, -0.1) is 0 Å². The number of alkyl halides is 3. The van der Waals surface area contributed by atoms with Crippen LogP contribution in [-0.4, -0.2) is 6.68 Å². The molecule has 0 aromatic heterocycles. The van der Waals surface area contributed by atoms with Crippen LogP contribution in [0.15, 0.2) is 0 Å². The van der Waals surface area contributed by atoms with E-state index in [0.29, 0.717) is 0 Å². The molecule has 0 saturated heterocycles. The largest absolute Gasteiger partial charge is 0.379 e. The molecule has 0 nitrogen and oxygen atoms in total. The lowest BCUT2D eigenvalue weighted by atomic mass is 11.6. The second kappa shape index (κ2) is 8.83. The Morgan fingerprint density at radius 3 is 1.00 bits per heavy atom. The molecule has 0 rings (SSSR count). The summed E-state index contributed by atoms with van der Waals surface area (Å²) in [5, 5.41) is 0. The van der Waals surface area contributed by atoms with E-state index in [2.05, 4.69) is 7.18 Å². The molecule has 6 heavy (non-hydrogen) atoms. The average Bonchev–Trinajstić information content (AvgIpc) is 1.41. The molecule has 0 atom stereocenters. The maximum atomic E-state index is 9.67. The lowest BCUT2D eigenvalue weighted by Gasteiger charge is -1.65. The summed E-state index contributed by atoms with van der Waals surface area (Å²) in [7, 11) is 4.25. The van der Waals surface area contributed by atoms with Crippen molar-refractivity contribution in [2.24, 2.45) is 0 Å². The summed E-state index contributed by atoms with van der Waals surface area (Å²) < 4.78 is 37.8. The minimum Gasteiger partial charge on any atom is -0.232 e. The van der Waals surface area contributed by atoms with Gasteiger partial charge < -0.3 is 0 Å². The molecular formula is C2HF4. The first-order valence-electron chi connectivity index (χ1n) is 0.844. The van der Waals surface area contributed by atoms with Gasteiger partial charge in [-0.3, -0.25) is 0 Å². The first-order valence-corrected chi connectivity index (χ1v) is 0.844. The minimum absolute atomic E-state index is 3.67. The minimum atomic E-state index is -3.67. The molecule has 0 N–H and O–H groups in total. The van der Waals surface area contributed by atoms with Gasteiger partial charge in [0.2, 0.25) is 7.18 Å². The van der Waals surface area contributed by atoms with Gasteiger partial charge in [0.25, 0.3) is 0 Å². The van der Waals surface area contributed by atoms with Gasteiger partial charge in [0.05, 0.1) is 0 Å². The molecule has 37 valence electrons. The lowest BCUT2D eigenvalue weighted by Crippen LogP contribution is -1.65. The Bertz CT molecular complexity index is 10.3. The van der Waals surface area contributed by atoms with Crippen LogP contribution in [0.2, 0.25) is 0 Å². The quantitative estimate of drug-likeness (QED) is 0.407. The van der Waals surface area contributed by atoms with Crippen LogP contribution in [0.3, 0.4) is 0 Å². The van der Waals surface area contributed by atoms with Crippen LogP contribution < -0.4 is 0 Å². The SMILES string of the molecule is FC(F)F.[C]F. The highest BCUT2D eigenvalue weighted by Gasteiger charge is 1.86. The Kier molecular flexibility index (Phi) is 13.5. The fourth-order valence-electron chi connectivity index (χ4n) is 0. The predicted octanol–water partition coefficient (Wildman–Crippen LogP) is 1.68. The fraction of sp³-hybridized carbons (Fsp3) is 0.500. The average molecular weight is 101 g/mol. The molecule has 0 heterocycles. The van der Waals surface area contributed by atoms with E-state index in [-0.39, 0.29) is 0 Å². The van der Waals surface area contributed by atoms with Crippen molar-refractivity contribution in [3.05, 3.63) is 7.18 Å². The van der Waals surface area contributed by atoms with E-state index >= 15 is 0 Å². The molecule has 0 fully saturated rings. The zero-order valence-corrected chi connectivity index (χ0v) is 2.59. The Labute approximate surface area is 32.8 Å². The number of rotatable bonds is 0. The van der Waals surface area contributed by atoms with Crippen LogP contribution in [0.1, 0.15) is 0 Å². The molecule has 0 amide bonds. The standard InChI is InChI=1S/CHF3.CF/c2-1(3)4;1-2/h1H;. The molecule has 0 aliphatic carbocycles. The van der Waals surface area contributed by atoms with Gasteiger partial charge in [0, 0.05) is 0 Å². The zero-order chi connectivity index (χ0) is 5.58. The van der Waals surface area contributed by atoms with Gasteiger partial charge in [0.1, 0.15) is 0 Å². The molecular weight excluding hydrogens is 100 g/mol. The van der Waals surface area contributed by atoms with Crippen molar-refractivity contribution in [1.29, 1.82) is 0 Å². The smallest absolute Gasteiger partial charge is 0.232 e.